The van der Waals surface area contributed by atoms with Gasteiger partial charge in [0.05, 0.1) is 5.02 Å². The van der Waals surface area contributed by atoms with Crippen LogP contribution in [0, 0.1) is 0 Å². The SMILES string of the molecule is C1CCNC1.Nc1ccc(Cl)cn1. The summed E-state index contributed by atoms with van der Waals surface area (Å²) in [6.07, 6.45) is 4.29. The van der Waals surface area contributed by atoms with Gasteiger partial charge in [0.15, 0.2) is 0 Å². The van der Waals surface area contributed by atoms with Crippen LogP contribution >= 0.6 is 11.6 Å². The summed E-state index contributed by atoms with van der Waals surface area (Å²) in [7, 11) is 0. The van der Waals surface area contributed by atoms with E-state index in [-0.39, 0.29) is 0 Å². The van der Waals surface area contributed by atoms with Crippen molar-refractivity contribution in [1.29, 1.82) is 0 Å². The maximum absolute atomic E-state index is 5.49. The number of halogens is 1. The average Bonchev–Trinajstić information content (AvgIpc) is 2.68. The summed E-state index contributed by atoms with van der Waals surface area (Å²) in [5.41, 5.74) is 5.26. The Morgan fingerprint density at radius 2 is 2.00 bits per heavy atom. The minimum Gasteiger partial charge on any atom is -0.384 e. The van der Waals surface area contributed by atoms with Gasteiger partial charge in [0.1, 0.15) is 5.82 Å². The lowest BCUT2D eigenvalue weighted by Gasteiger charge is -1.87. The van der Waals surface area contributed by atoms with Crippen LogP contribution in [0.15, 0.2) is 18.3 Å². The summed E-state index contributed by atoms with van der Waals surface area (Å²) in [4.78, 5) is 3.72. The van der Waals surface area contributed by atoms with E-state index >= 15 is 0 Å². The van der Waals surface area contributed by atoms with E-state index in [4.69, 9.17) is 17.3 Å². The number of pyridine rings is 1. The highest BCUT2D eigenvalue weighted by molar-refractivity contribution is 6.30. The highest BCUT2D eigenvalue weighted by Gasteiger charge is 1.93. The van der Waals surface area contributed by atoms with Gasteiger partial charge in [0.25, 0.3) is 0 Å². The normalized spacial score (nSPS) is 14.8. The number of nitrogens with two attached hydrogens (primary N) is 1. The first-order chi connectivity index (χ1) is 6.29. The molecule has 2 rings (SSSR count). The molecule has 72 valence electrons. The zero-order valence-corrected chi connectivity index (χ0v) is 8.22. The van der Waals surface area contributed by atoms with Crippen LogP contribution in [-0.4, -0.2) is 18.1 Å². The Kier molecular flexibility index (Phi) is 4.57. The average molecular weight is 200 g/mol. The van der Waals surface area contributed by atoms with Crippen molar-refractivity contribution < 1.29 is 0 Å². The molecule has 1 saturated heterocycles. The summed E-state index contributed by atoms with van der Waals surface area (Å²) in [5, 5.41) is 3.83. The van der Waals surface area contributed by atoms with Gasteiger partial charge in [-0.15, -0.1) is 0 Å². The van der Waals surface area contributed by atoms with Gasteiger partial charge in [0.2, 0.25) is 0 Å². The van der Waals surface area contributed by atoms with Crippen LogP contribution in [0.25, 0.3) is 0 Å². The van der Waals surface area contributed by atoms with Gasteiger partial charge in [-0.1, -0.05) is 11.6 Å². The second-order valence-corrected chi connectivity index (χ2v) is 3.29. The van der Waals surface area contributed by atoms with E-state index in [0.717, 1.165) is 0 Å². The molecule has 0 spiro atoms. The van der Waals surface area contributed by atoms with E-state index in [2.05, 4.69) is 10.3 Å². The van der Waals surface area contributed by atoms with Crippen molar-refractivity contribution in [1.82, 2.24) is 10.3 Å². The molecule has 1 aromatic rings. The fourth-order valence-electron chi connectivity index (χ4n) is 1.01. The fourth-order valence-corrected chi connectivity index (χ4v) is 1.12. The Hall–Kier alpha value is -0.800. The summed E-state index contributed by atoms with van der Waals surface area (Å²) in [6, 6.07) is 3.35. The highest BCUT2D eigenvalue weighted by atomic mass is 35.5. The van der Waals surface area contributed by atoms with Crippen molar-refractivity contribution in [3.8, 4) is 0 Å². The molecule has 0 saturated carbocycles. The third kappa shape index (κ3) is 4.70. The minimum atomic E-state index is 0.495. The summed E-state index contributed by atoms with van der Waals surface area (Å²) < 4.78 is 0. The molecule has 4 heteroatoms. The minimum absolute atomic E-state index is 0.495. The van der Waals surface area contributed by atoms with Crippen LogP contribution in [-0.2, 0) is 0 Å². The number of rotatable bonds is 0. The highest BCUT2D eigenvalue weighted by Crippen LogP contribution is 2.05. The number of hydrogen-bond acceptors (Lipinski definition) is 3. The molecule has 1 aliphatic heterocycles. The van der Waals surface area contributed by atoms with Gasteiger partial charge >= 0.3 is 0 Å². The summed E-state index contributed by atoms with van der Waals surface area (Å²) >= 11 is 5.49. The van der Waals surface area contributed by atoms with Crippen LogP contribution in [0.2, 0.25) is 5.02 Å². The van der Waals surface area contributed by atoms with Gasteiger partial charge < -0.3 is 11.1 Å². The van der Waals surface area contributed by atoms with Crippen LogP contribution in [0.3, 0.4) is 0 Å². The van der Waals surface area contributed by atoms with Crippen LogP contribution in [0.4, 0.5) is 5.82 Å². The smallest absolute Gasteiger partial charge is 0.123 e. The molecule has 0 aromatic carbocycles. The van der Waals surface area contributed by atoms with Gasteiger partial charge in [-0.25, -0.2) is 4.98 Å². The fraction of sp³-hybridized carbons (Fsp3) is 0.444. The monoisotopic (exact) mass is 199 g/mol. The lowest BCUT2D eigenvalue weighted by molar-refractivity contribution is 0.857. The second-order valence-electron chi connectivity index (χ2n) is 2.86. The molecule has 0 bridgehead atoms. The lowest BCUT2D eigenvalue weighted by Crippen LogP contribution is -2.03. The molecule has 13 heavy (non-hydrogen) atoms. The predicted molar refractivity (Wildman–Crippen MR) is 55.8 cm³/mol. The molecule has 0 atom stereocenters. The molecule has 0 unspecified atom stereocenters. The van der Waals surface area contributed by atoms with E-state index in [1.165, 1.54) is 32.1 Å². The Labute approximate surface area is 83.3 Å². The molecule has 0 radical (unpaired) electrons. The molecule has 2 heterocycles. The number of hydrogen-bond donors (Lipinski definition) is 2. The van der Waals surface area contributed by atoms with Gasteiger partial charge in [-0.2, -0.15) is 0 Å². The van der Waals surface area contributed by atoms with E-state index in [0.29, 0.717) is 10.8 Å². The standard InChI is InChI=1S/C5H5ClN2.C4H9N/c6-4-1-2-5(7)8-3-4;1-2-4-5-3-1/h1-3H,(H2,7,8);5H,1-4H2. The third-order valence-corrected chi connectivity index (χ3v) is 1.93. The second kappa shape index (κ2) is 5.78. The zero-order chi connectivity index (χ0) is 9.52. The first-order valence-electron chi connectivity index (χ1n) is 4.37. The first-order valence-corrected chi connectivity index (χ1v) is 4.74. The zero-order valence-electron chi connectivity index (χ0n) is 7.46. The van der Waals surface area contributed by atoms with Crippen LogP contribution < -0.4 is 11.1 Å². The van der Waals surface area contributed by atoms with Crippen molar-refractivity contribution in [3.63, 3.8) is 0 Å². The van der Waals surface area contributed by atoms with Crippen molar-refractivity contribution in [3.05, 3.63) is 23.4 Å². The molecule has 3 N–H and O–H groups in total. The molecular formula is C9H14ClN3. The van der Waals surface area contributed by atoms with Crippen molar-refractivity contribution >= 4 is 17.4 Å². The van der Waals surface area contributed by atoms with E-state index in [1.54, 1.807) is 12.1 Å². The molecule has 0 aliphatic carbocycles. The topological polar surface area (TPSA) is 50.9 Å². The maximum atomic E-state index is 5.49. The number of anilines is 1. The Balaban J connectivity index is 0.000000145. The van der Waals surface area contributed by atoms with Crippen molar-refractivity contribution in [2.45, 2.75) is 12.8 Å². The Bertz CT molecular complexity index is 203. The lowest BCUT2D eigenvalue weighted by atomic mass is 10.4. The van der Waals surface area contributed by atoms with Gasteiger partial charge in [-0.05, 0) is 38.1 Å². The van der Waals surface area contributed by atoms with Crippen LogP contribution in [0.1, 0.15) is 12.8 Å². The molecule has 1 fully saturated rings. The van der Waals surface area contributed by atoms with E-state index in [1.807, 2.05) is 0 Å². The molecule has 1 aromatic heterocycles. The van der Waals surface area contributed by atoms with Crippen LogP contribution in [0.5, 0.6) is 0 Å². The largest absolute Gasteiger partial charge is 0.384 e. The molecular weight excluding hydrogens is 186 g/mol. The predicted octanol–water partition coefficient (Wildman–Crippen LogP) is 1.69. The number of nitrogens with zero attached hydrogens (tertiary/aromatic N) is 1. The summed E-state index contributed by atoms with van der Waals surface area (Å²) in [6.45, 7) is 2.50. The maximum Gasteiger partial charge on any atom is 0.123 e. The van der Waals surface area contributed by atoms with Gasteiger partial charge in [0, 0.05) is 6.20 Å². The quantitative estimate of drug-likeness (QED) is 0.669. The Morgan fingerprint density at radius 3 is 2.31 bits per heavy atom. The third-order valence-electron chi connectivity index (χ3n) is 1.71. The number of nitrogens with one attached hydrogen (secondary N) is 1. The molecule has 3 nitrogen and oxygen atoms in total. The van der Waals surface area contributed by atoms with Crippen molar-refractivity contribution in [2.24, 2.45) is 0 Å². The number of aromatic nitrogens is 1. The van der Waals surface area contributed by atoms with Gasteiger partial charge in [-0.3, -0.25) is 0 Å². The molecule has 1 aliphatic rings. The first kappa shape index (κ1) is 10.3. The van der Waals surface area contributed by atoms with E-state index in [9.17, 15) is 0 Å². The molecule has 0 amide bonds. The Morgan fingerprint density at radius 1 is 1.31 bits per heavy atom. The van der Waals surface area contributed by atoms with Crippen molar-refractivity contribution in [2.75, 3.05) is 18.8 Å². The van der Waals surface area contributed by atoms with E-state index < -0.39 is 0 Å². The summed E-state index contributed by atoms with van der Waals surface area (Å²) in [5.74, 6) is 0.495. The number of nitrogen functional groups attached to an aromatic ring is 1.